The lowest BCUT2D eigenvalue weighted by molar-refractivity contribution is -0.149. The molecule has 2 aliphatic rings. The minimum Gasteiger partial charge on any atom is -0.395 e. The number of hydrogen-bond acceptors (Lipinski definition) is 4. The van der Waals surface area contributed by atoms with Crippen LogP contribution in [0.25, 0.3) is 0 Å². The largest absolute Gasteiger partial charge is 0.395 e. The summed E-state index contributed by atoms with van der Waals surface area (Å²) in [6.45, 7) is 5.11. The van der Waals surface area contributed by atoms with Gasteiger partial charge in [0.2, 0.25) is 5.91 Å². The Morgan fingerprint density at radius 2 is 1.64 bits per heavy atom. The van der Waals surface area contributed by atoms with Crippen LogP contribution in [0.3, 0.4) is 0 Å². The first-order valence-corrected chi connectivity index (χ1v) is 13.5. The molecule has 1 fully saturated rings. The van der Waals surface area contributed by atoms with E-state index in [1.54, 1.807) is 9.80 Å². The molecule has 204 valence electrons. The van der Waals surface area contributed by atoms with Gasteiger partial charge in [-0.25, -0.2) is 4.39 Å². The Morgan fingerprint density at radius 1 is 1.03 bits per heavy atom. The van der Waals surface area contributed by atoms with E-state index in [1.165, 1.54) is 13.8 Å². The van der Waals surface area contributed by atoms with E-state index < -0.39 is 29.2 Å². The minimum atomic E-state index is -1.72. The molecule has 1 N–H and O–H groups in total. The molecule has 3 aromatic carbocycles. The summed E-state index contributed by atoms with van der Waals surface area (Å²) >= 11 is 0. The number of nitrogens with zero attached hydrogens (tertiary/aromatic N) is 2. The van der Waals surface area contributed by atoms with Gasteiger partial charge in [-0.3, -0.25) is 14.5 Å². The van der Waals surface area contributed by atoms with Crippen molar-refractivity contribution in [2.45, 2.75) is 51.1 Å². The molecule has 0 bridgehead atoms. The molecule has 1 saturated heterocycles. The summed E-state index contributed by atoms with van der Waals surface area (Å²) in [5.41, 5.74) is -0.120. The summed E-state index contributed by atoms with van der Waals surface area (Å²) < 4.78 is 22.6. The van der Waals surface area contributed by atoms with Crippen LogP contribution in [-0.2, 0) is 26.5 Å². The minimum absolute atomic E-state index is 0.0995. The van der Waals surface area contributed by atoms with Gasteiger partial charge in [0.1, 0.15) is 5.67 Å². The Morgan fingerprint density at radius 3 is 2.28 bits per heavy atom. The van der Waals surface area contributed by atoms with E-state index in [0.29, 0.717) is 23.5 Å². The highest BCUT2D eigenvalue weighted by atomic mass is 19.1. The van der Waals surface area contributed by atoms with Crippen LogP contribution in [0.1, 0.15) is 38.3 Å². The fourth-order valence-corrected chi connectivity index (χ4v) is 6.48. The maximum Gasteiger partial charge on any atom is 0.268 e. The predicted octanol–water partition coefficient (Wildman–Crippen LogP) is 5.37. The first-order valence-electron chi connectivity index (χ1n) is 13.5. The van der Waals surface area contributed by atoms with Gasteiger partial charge < -0.3 is 14.7 Å². The molecular weight excluding hydrogens is 495 g/mol. The van der Waals surface area contributed by atoms with E-state index in [4.69, 9.17) is 4.74 Å². The summed E-state index contributed by atoms with van der Waals surface area (Å²) in [4.78, 5) is 31.1. The van der Waals surface area contributed by atoms with E-state index in [0.717, 1.165) is 5.56 Å². The molecule has 5 rings (SSSR count). The van der Waals surface area contributed by atoms with Crippen LogP contribution in [0.2, 0.25) is 0 Å². The number of aliphatic hydroxyl groups excluding tert-OH is 1. The number of amides is 2. The fraction of sp³-hybridized carbons (Fsp3) is 0.375. The van der Waals surface area contributed by atoms with Gasteiger partial charge in [-0.1, -0.05) is 73.7 Å². The molecule has 2 amide bonds. The number of anilines is 2. The van der Waals surface area contributed by atoms with Crippen LogP contribution >= 0.6 is 0 Å². The molecule has 1 spiro atoms. The van der Waals surface area contributed by atoms with Crippen LogP contribution in [0.5, 0.6) is 0 Å². The number of hydrogen-bond donors (Lipinski definition) is 1. The van der Waals surface area contributed by atoms with Crippen LogP contribution < -0.4 is 4.90 Å². The van der Waals surface area contributed by atoms with E-state index >= 15 is 4.39 Å². The molecule has 0 unspecified atom stereocenters. The number of halogens is 1. The fourth-order valence-electron chi connectivity index (χ4n) is 6.48. The molecule has 7 heteroatoms. The Hall–Kier alpha value is -3.55. The zero-order valence-electron chi connectivity index (χ0n) is 22.6. The second kappa shape index (κ2) is 10.5. The summed E-state index contributed by atoms with van der Waals surface area (Å²) in [6.07, 6.45) is -0.935. The zero-order chi connectivity index (χ0) is 27.8. The molecule has 0 saturated carbocycles. The van der Waals surface area contributed by atoms with Crippen molar-refractivity contribution in [1.29, 1.82) is 0 Å². The number of rotatable bonds is 8. The first-order chi connectivity index (χ1) is 18.7. The Labute approximate surface area is 229 Å². The van der Waals surface area contributed by atoms with Crippen molar-refractivity contribution in [2.75, 3.05) is 18.1 Å². The van der Waals surface area contributed by atoms with Crippen molar-refractivity contribution >= 4 is 23.2 Å². The maximum atomic E-state index is 15.9. The molecule has 6 nitrogen and oxygen atoms in total. The summed E-state index contributed by atoms with van der Waals surface area (Å²) in [7, 11) is 0. The van der Waals surface area contributed by atoms with Crippen molar-refractivity contribution in [1.82, 2.24) is 4.90 Å². The highest BCUT2D eigenvalue weighted by Gasteiger charge is 2.66. The third-order valence-electron chi connectivity index (χ3n) is 8.11. The number of carbonyl (C=O) groups is 2. The van der Waals surface area contributed by atoms with Crippen LogP contribution in [-0.4, -0.2) is 46.7 Å². The third-order valence-corrected chi connectivity index (χ3v) is 8.11. The molecule has 0 radical (unpaired) electrons. The molecule has 0 aromatic heterocycles. The SMILES string of the molecule is C[C@H]1[C@H](C(C)(C)F)[C@@H](CC(=O)N(CCO)Cc2ccccc2)O[C@]12C(=O)N(c1ccccc1)c1ccccc12. The van der Waals surface area contributed by atoms with Crippen molar-refractivity contribution in [2.24, 2.45) is 11.8 Å². The van der Waals surface area contributed by atoms with Gasteiger partial charge in [-0.05, 0) is 37.6 Å². The Balaban J connectivity index is 1.51. The normalized spacial score (nSPS) is 24.3. The van der Waals surface area contributed by atoms with Crippen molar-refractivity contribution in [3.63, 3.8) is 0 Å². The molecule has 2 heterocycles. The van der Waals surface area contributed by atoms with Gasteiger partial charge in [-0.2, -0.15) is 0 Å². The van der Waals surface area contributed by atoms with Crippen LogP contribution in [0.4, 0.5) is 15.8 Å². The molecule has 3 aromatic rings. The molecule has 0 aliphatic carbocycles. The molecule has 2 aliphatic heterocycles. The lowest BCUT2D eigenvalue weighted by atomic mass is 9.71. The quantitative estimate of drug-likeness (QED) is 0.425. The number of benzene rings is 3. The summed E-state index contributed by atoms with van der Waals surface area (Å²) in [5, 5.41) is 9.66. The lowest BCUT2D eigenvalue weighted by Gasteiger charge is -2.32. The van der Waals surface area contributed by atoms with Gasteiger partial charge in [-0.15, -0.1) is 0 Å². The topological polar surface area (TPSA) is 70.1 Å². The summed E-state index contributed by atoms with van der Waals surface area (Å²) in [6, 6.07) is 26.3. The van der Waals surface area contributed by atoms with Crippen molar-refractivity contribution in [3.05, 3.63) is 96.1 Å². The number of aliphatic hydroxyl groups is 1. The third kappa shape index (κ3) is 4.74. The van der Waals surface area contributed by atoms with Crippen molar-refractivity contribution in [3.8, 4) is 0 Å². The highest BCUT2D eigenvalue weighted by Crippen LogP contribution is 2.59. The van der Waals surface area contributed by atoms with Crippen LogP contribution in [0.15, 0.2) is 84.9 Å². The smallest absolute Gasteiger partial charge is 0.268 e. The molecule has 4 atom stereocenters. The van der Waals surface area contributed by atoms with Gasteiger partial charge in [0.25, 0.3) is 5.91 Å². The van der Waals surface area contributed by atoms with Crippen LogP contribution in [0, 0.1) is 11.8 Å². The highest BCUT2D eigenvalue weighted by molar-refractivity contribution is 6.12. The standard InChI is InChI=1S/C32H35FN2O4/c1-22-29(31(2,3)33)27(20-28(37)34(18-19-36)21-23-12-6-4-7-13-23)39-32(22)25-16-10-11-17-26(25)35(30(32)38)24-14-8-5-9-15-24/h4-17,22,27,29,36H,18-21H2,1-3H3/t22-,27+,29-,32+/m0/s1. The number of fused-ring (bicyclic) bond motifs is 2. The molecular formula is C32H35FN2O4. The van der Waals surface area contributed by atoms with Gasteiger partial charge in [0.05, 0.1) is 24.8 Å². The van der Waals surface area contributed by atoms with E-state index in [-0.39, 0.29) is 31.4 Å². The number of para-hydroxylation sites is 2. The number of alkyl halides is 1. The molecule has 39 heavy (non-hydrogen) atoms. The zero-order valence-corrected chi connectivity index (χ0v) is 22.6. The number of carbonyl (C=O) groups excluding carboxylic acids is 2. The second-order valence-electron chi connectivity index (χ2n) is 11.0. The Bertz CT molecular complexity index is 1330. The van der Waals surface area contributed by atoms with Gasteiger partial charge >= 0.3 is 0 Å². The number of ether oxygens (including phenoxy) is 1. The van der Waals surface area contributed by atoms with Gasteiger partial charge in [0, 0.05) is 36.2 Å². The average molecular weight is 531 g/mol. The first kappa shape index (κ1) is 27.0. The van der Waals surface area contributed by atoms with E-state index in [1.807, 2.05) is 91.9 Å². The monoisotopic (exact) mass is 530 g/mol. The second-order valence-corrected chi connectivity index (χ2v) is 11.0. The van der Waals surface area contributed by atoms with E-state index in [9.17, 15) is 14.7 Å². The lowest BCUT2D eigenvalue weighted by Crippen LogP contribution is -2.44. The average Bonchev–Trinajstić information content (AvgIpc) is 3.35. The Kier molecular flexibility index (Phi) is 7.31. The van der Waals surface area contributed by atoms with E-state index in [2.05, 4.69) is 0 Å². The van der Waals surface area contributed by atoms with Crippen molar-refractivity contribution < 1.29 is 23.8 Å². The maximum absolute atomic E-state index is 15.9. The summed E-state index contributed by atoms with van der Waals surface area (Å²) in [5.74, 6) is -1.79. The van der Waals surface area contributed by atoms with Gasteiger partial charge in [0.15, 0.2) is 5.60 Å². The predicted molar refractivity (Wildman–Crippen MR) is 148 cm³/mol.